The maximum Gasteiger partial charge on any atom is 0.345 e. The second kappa shape index (κ2) is 13.5. The Bertz CT molecular complexity index is 711. The average molecular weight is 453 g/mol. The number of carboxylic acid groups (broad SMARTS) is 1. The number of amides is 2. The number of ether oxygens (including phenoxy) is 2. The smallest absolute Gasteiger partial charge is 0.345 e. The summed E-state index contributed by atoms with van der Waals surface area (Å²) in [6.07, 6.45) is 0.589. The Hall–Kier alpha value is -2.77. The molecule has 0 aliphatic heterocycles. The lowest BCUT2D eigenvalue weighted by Crippen LogP contribution is -2.57. The molecule has 1 aromatic carbocycles. The van der Waals surface area contributed by atoms with Crippen molar-refractivity contribution in [3.05, 3.63) is 35.9 Å². The van der Waals surface area contributed by atoms with Crippen LogP contribution in [0.3, 0.4) is 0 Å². The molecule has 0 fully saturated rings. The van der Waals surface area contributed by atoms with Gasteiger partial charge in [0.25, 0.3) is 0 Å². The van der Waals surface area contributed by atoms with Gasteiger partial charge in [0, 0.05) is 0 Å². The fraction of sp³-hybridized carbons (Fsp3) is 0.500. The third kappa shape index (κ3) is 10.7. The summed E-state index contributed by atoms with van der Waals surface area (Å²) in [6, 6.07) is 4.23. The van der Waals surface area contributed by atoms with Gasteiger partial charge < -0.3 is 30.9 Å². The molecule has 1 rings (SSSR count). The highest BCUT2D eigenvalue weighted by atomic mass is 19.3. The number of benzene rings is 1. The molecule has 0 unspecified atom stereocenters. The number of carbonyl (C=O) groups excluding carboxylic acids is 2. The van der Waals surface area contributed by atoms with Crippen molar-refractivity contribution in [3.63, 3.8) is 0 Å². The Morgan fingerprint density at radius 2 is 1.42 bits per heavy atom. The fourth-order valence-corrected chi connectivity index (χ4v) is 2.34. The average Bonchev–Trinajstić information content (AvgIpc) is 2.72. The number of nitrogens with two attached hydrogens (primary N) is 1. The Labute approximate surface area is 174 Å². The van der Waals surface area contributed by atoms with Gasteiger partial charge in [-0.05, 0) is 18.4 Å². The minimum Gasteiger partial charge on any atom is -0.480 e. The SMILES string of the molecule is N[C@@H](CCc1ccccc1)C(=O)N[C@@H](COC(F)F)C(=O)N[C@@H](COC(F)F)C(=O)O. The van der Waals surface area contributed by atoms with Crippen molar-refractivity contribution in [2.45, 2.75) is 44.2 Å². The molecule has 0 heterocycles. The molecule has 2 amide bonds. The van der Waals surface area contributed by atoms with Crippen LogP contribution in [0.25, 0.3) is 0 Å². The molecule has 0 spiro atoms. The van der Waals surface area contributed by atoms with Gasteiger partial charge in [0.2, 0.25) is 11.8 Å². The number of hydrogen-bond acceptors (Lipinski definition) is 6. The number of hydrogen-bond donors (Lipinski definition) is 4. The zero-order valence-corrected chi connectivity index (χ0v) is 16.2. The van der Waals surface area contributed by atoms with Crippen molar-refractivity contribution in [1.82, 2.24) is 10.6 Å². The summed E-state index contributed by atoms with van der Waals surface area (Å²) >= 11 is 0. The van der Waals surface area contributed by atoms with Crippen LogP contribution in [-0.2, 0) is 30.3 Å². The normalized spacial score (nSPS) is 14.2. The van der Waals surface area contributed by atoms with Gasteiger partial charge in [-0.25, -0.2) is 4.79 Å². The van der Waals surface area contributed by atoms with Gasteiger partial charge in [0.15, 0.2) is 6.04 Å². The zero-order chi connectivity index (χ0) is 23.4. The standard InChI is InChI=1S/C18H23F4N3O6/c19-17(20)30-8-12(15(27)25-13(16(28)29)9-31-18(21)22)24-14(26)11(23)7-6-10-4-2-1-3-5-10/h1-5,11-13,17-18H,6-9,23H2,(H,24,26)(H,25,27)(H,28,29)/t11-,12-,13-/m0/s1. The highest BCUT2D eigenvalue weighted by Crippen LogP contribution is 2.05. The molecule has 0 aromatic heterocycles. The fourth-order valence-electron chi connectivity index (χ4n) is 2.34. The minimum atomic E-state index is -3.29. The number of aryl methyl sites for hydroxylation is 1. The van der Waals surface area contributed by atoms with Crippen LogP contribution in [0.4, 0.5) is 17.6 Å². The van der Waals surface area contributed by atoms with E-state index in [1.807, 2.05) is 17.4 Å². The minimum absolute atomic E-state index is 0.167. The molecule has 0 bridgehead atoms. The Balaban J connectivity index is 2.73. The summed E-state index contributed by atoms with van der Waals surface area (Å²) in [7, 11) is 0. The Morgan fingerprint density at radius 3 is 1.94 bits per heavy atom. The van der Waals surface area contributed by atoms with E-state index in [2.05, 4.69) is 14.8 Å². The molecule has 1 aromatic rings. The largest absolute Gasteiger partial charge is 0.480 e. The lowest BCUT2D eigenvalue weighted by molar-refractivity contribution is -0.159. The van der Waals surface area contributed by atoms with Gasteiger partial charge in [-0.3, -0.25) is 9.59 Å². The van der Waals surface area contributed by atoms with E-state index in [0.717, 1.165) is 5.56 Å². The molecule has 174 valence electrons. The van der Waals surface area contributed by atoms with Gasteiger partial charge in [-0.15, -0.1) is 0 Å². The van der Waals surface area contributed by atoms with E-state index in [1.165, 1.54) is 0 Å². The first-order chi connectivity index (χ1) is 14.6. The van der Waals surface area contributed by atoms with E-state index in [1.54, 1.807) is 18.2 Å². The first kappa shape index (κ1) is 26.3. The van der Waals surface area contributed by atoms with Gasteiger partial charge in [0.05, 0.1) is 19.3 Å². The summed E-state index contributed by atoms with van der Waals surface area (Å²) in [5.41, 5.74) is 6.66. The van der Waals surface area contributed by atoms with E-state index in [0.29, 0.717) is 6.42 Å². The number of rotatable bonds is 14. The first-order valence-corrected chi connectivity index (χ1v) is 9.02. The molecule has 0 saturated heterocycles. The van der Waals surface area contributed by atoms with Crippen LogP contribution >= 0.6 is 0 Å². The Morgan fingerprint density at radius 1 is 0.903 bits per heavy atom. The molecule has 31 heavy (non-hydrogen) atoms. The predicted molar refractivity (Wildman–Crippen MR) is 98.1 cm³/mol. The Kier molecular flexibility index (Phi) is 11.5. The second-order valence-electron chi connectivity index (χ2n) is 6.28. The quantitative estimate of drug-likeness (QED) is 0.301. The topological polar surface area (TPSA) is 140 Å². The second-order valence-corrected chi connectivity index (χ2v) is 6.28. The molecule has 9 nitrogen and oxygen atoms in total. The van der Waals surface area contributed by atoms with Crippen molar-refractivity contribution >= 4 is 17.8 Å². The van der Waals surface area contributed by atoms with Crippen LogP contribution < -0.4 is 16.4 Å². The predicted octanol–water partition coefficient (Wildman–Crippen LogP) is 0.479. The van der Waals surface area contributed by atoms with E-state index >= 15 is 0 Å². The maximum absolute atomic E-state index is 12.4. The van der Waals surface area contributed by atoms with Crippen molar-refractivity contribution < 1.29 is 46.5 Å². The van der Waals surface area contributed by atoms with Crippen LogP contribution in [0.15, 0.2) is 30.3 Å². The molecular formula is C18H23F4N3O6. The number of halogens is 4. The number of aliphatic carboxylic acids is 1. The molecule has 5 N–H and O–H groups in total. The molecule has 13 heteroatoms. The molecule has 0 aliphatic rings. The first-order valence-electron chi connectivity index (χ1n) is 9.02. The number of alkyl halides is 4. The highest BCUT2D eigenvalue weighted by Gasteiger charge is 2.29. The van der Waals surface area contributed by atoms with Gasteiger partial charge >= 0.3 is 19.2 Å². The van der Waals surface area contributed by atoms with Gasteiger partial charge in [-0.1, -0.05) is 30.3 Å². The van der Waals surface area contributed by atoms with E-state index < -0.39 is 62.3 Å². The summed E-state index contributed by atoms with van der Waals surface area (Å²) < 4.78 is 56.9. The number of nitrogens with one attached hydrogen (secondary N) is 2. The molecule has 3 atom stereocenters. The van der Waals surface area contributed by atoms with Gasteiger partial charge in [-0.2, -0.15) is 17.6 Å². The highest BCUT2D eigenvalue weighted by molar-refractivity contribution is 5.91. The summed E-state index contributed by atoms with van der Waals surface area (Å²) in [6.45, 7) is -8.68. The lowest BCUT2D eigenvalue weighted by Gasteiger charge is -2.22. The summed E-state index contributed by atoms with van der Waals surface area (Å²) in [5.74, 6) is -3.84. The monoisotopic (exact) mass is 453 g/mol. The molecular weight excluding hydrogens is 430 g/mol. The van der Waals surface area contributed by atoms with Crippen molar-refractivity contribution in [2.75, 3.05) is 13.2 Å². The van der Waals surface area contributed by atoms with E-state index in [-0.39, 0.29) is 6.42 Å². The lowest BCUT2D eigenvalue weighted by atomic mass is 10.0. The van der Waals surface area contributed by atoms with Crippen molar-refractivity contribution in [2.24, 2.45) is 5.73 Å². The number of carboxylic acids is 1. The third-order valence-corrected chi connectivity index (χ3v) is 3.95. The number of carbonyl (C=O) groups is 3. The maximum atomic E-state index is 12.4. The van der Waals surface area contributed by atoms with Crippen molar-refractivity contribution in [3.8, 4) is 0 Å². The van der Waals surface area contributed by atoms with Crippen LogP contribution in [0, 0.1) is 0 Å². The van der Waals surface area contributed by atoms with E-state index in [9.17, 15) is 31.9 Å². The molecule has 0 saturated carbocycles. The van der Waals surface area contributed by atoms with Crippen LogP contribution in [-0.4, -0.2) is 67.5 Å². The summed E-state index contributed by atoms with van der Waals surface area (Å²) in [4.78, 5) is 35.6. The molecule has 0 aliphatic carbocycles. The van der Waals surface area contributed by atoms with Crippen molar-refractivity contribution in [1.29, 1.82) is 0 Å². The van der Waals surface area contributed by atoms with Crippen LogP contribution in [0.2, 0.25) is 0 Å². The zero-order valence-electron chi connectivity index (χ0n) is 16.2. The van der Waals surface area contributed by atoms with Gasteiger partial charge in [0.1, 0.15) is 6.04 Å². The van der Waals surface area contributed by atoms with Crippen LogP contribution in [0.1, 0.15) is 12.0 Å². The summed E-state index contributed by atoms with van der Waals surface area (Å²) in [5, 5.41) is 12.9. The van der Waals surface area contributed by atoms with Crippen LogP contribution in [0.5, 0.6) is 0 Å². The third-order valence-electron chi connectivity index (χ3n) is 3.95. The van der Waals surface area contributed by atoms with E-state index in [4.69, 9.17) is 10.8 Å². The molecule has 0 radical (unpaired) electrons.